The van der Waals surface area contributed by atoms with Crippen LogP contribution in [0, 0.1) is 6.20 Å². The van der Waals surface area contributed by atoms with Crippen LogP contribution in [0.1, 0.15) is 25.3 Å². The molecule has 0 amide bonds. The van der Waals surface area contributed by atoms with Crippen LogP contribution in [0.3, 0.4) is 0 Å². The van der Waals surface area contributed by atoms with Crippen molar-refractivity contribution in [1.29, 1.82) is 0 Å². The molecule has 1 aliphatic carbocycles. The van der Waals surface area contributed by atoms with Gasteiger partial charge in [0.1, 0.15) is 0 Å². The minimum absolute atomic E-state index is 0.365. The van der Waals surface area contributed by atoms with E-state index in [2.05, 4.69) is 18.1 Å². The van der Waals surface area contributed by atoms with Gasteiger partial charge in [-0.2, -0.15) is 6.20 Å². The van der Waals surface area contributed by atoms with E-state index in [1.165, 1.54) is 5.41 Å². The molecule has 2 aliphatic rings. The Balaban J connectivity index is 1.78. The predicted molar refractivity (Wildman–Crippen MR) is 133 cm³/mol. The lowest BCUT2D eigenvalue weighted by Gasteiger charge is -2.37. The van der Waals surface area contributed by atoms with Crippen LogP contribution in [0.2, 0.25) is 0 Å². The van der Waals surface area contributed by atoms with Crippen LogP contribution in [0.5, 0.6) is 0 Å². The smallest absolute Gasteiger partial charge is 0.339 e. The molecule has 0 N–H and O–H groups in total. The molecule has 5 nitrogen and oxygen atoms in total. The zero-order valence-electron chi connectivity index (χ0n) is 18.4. The molecule has 2 aromatic rings. The lowest BCUT2D eigenvalue weighted by molar-refractivity contribution is -0.136. The van der Waals surface area contributed by atoms with Gasteiger partial charge in [-0.3, -0.25) is 4.21 Å². The Labute approximate surface area is 196 Å². The highest BCUT2D eigenvalue weighted by Crippen LogP contribution is 2.31. The van der Waals surface area contributed by atoms with Crippen LogP contribution in [0.15, 0.2) is 101 Å². The fourth-order valence-corrected chi connectivity index (χ4v) is 4.47. The Morgan fingerprint density at radius 3 is 2.55 bits per heavy atom. The minimum atomic E-state index is -1.44. The summed E-state index contributed by atoms with van der Waals surface area (Å²) in [6.45, 7) is 2.42. The second-order valence-corrected chi connectivity index (χ2v) is 8.71. The fourth-order valence-electron chi connectivity index (χ4n) is 3.60. The van der Waals surface area contributed by atoms with Crippen molar-refractivity contribution in [3.8, 4) is 0 Å². The highest BCUT2D eigenvalue weighted by molar-refractivity contribution is 8.03. The number of para-hydroxylation sites is 1. The molecule has 0 saturated carbocycles. The van der Waals surface area contributed by atoms with Crippen molar-refractivity contribution < 1.29 is 13.7 Å². The van der Waals surface area contributed by atoms with Gasteiger partial charge in [0.2, 0.25) is 0 Å². The van der Waals surface area contributed by atoms with Gasteiger partial charge in [-0.15, -0.1) is 0 Å². The minimum Gasteiger partial charge on any atom is -0.479 e. The van der Waals surface area contributed by atoms with Crippen molar-refractivity contribution in [2.24, 2.45) is 4.99 Å². The topological polar surface area (TPSA) is 59.0 Å². The van der Waals surface area contributed by atoms with E-state index in [-0.39, 0.29) is 5.97 Å². The zero-order chi connectivity index (χ0) is 23.0. The molecule has 2 atom stereocenters. The van der Waals surface area contributed by atoms with Crippen LogP contribution in [-0.4, -0.2) is 32.9 Å². The van der Waals surface area contributed by atoms with Gasteiger partial charge in [0, 0.05) is 27.7 Å². The maximum Gasteiger partial charge on any atom is 0.339 e. The Kier molecular flexibility index (Phi) is 7.47. The molecule has 2 aromatic carbocycles. The molecule has 0 fully saturated rings. The first-order valence-electron chi connectivity index (χ1n) is 10.9. The average molecular weight is 458 g/mol. The van der Waals surface area contributed by atoms with Crippen LogP contribution >= 0.6 is 0 Å². The number of amidine groups is 1. The van der Waals surface area contributed by atoms with Gasteiger partial charge in [0.25, 0.3) is 0 Å². The molecule has 6 heteroatoms. The van der Waals surface area contributed by atoms with Crippen LogP contribution < -0.4 is 0 Å². The van der Waals surface area contributed by atoms with Crippen molar-refractivity contribution in [2.45, 2.75) is 25.8 Å². The van der Waals surface area contributed by atoms with E-state index in [0.717, 1.165) is 24.0 Å². The summed E-state index contributed by atoms with van der Waals surface area (Å²) in [6, 6.07) is 18.5. The quantitative estimate of drug-likeness (QED) is 0.245. The predicted octanol–water partition coefficient (Wildman–Crippen LogP) is 5.30. The van der Waals surface area contributed by atoms with E-state index in [0.29, 0.717) is 23.0 Å². The second kappa shape index (κ2) is 10.9. The molecule has 1 aliphatic heterocycles. The van der Waals surface area contributed by atoms with E-state index < -0.39 is 16.8 Å². The van der Waals surface area contributed by atoms with Crippen molar-refractivity contribution in [3.63, 3.8) is 0 Å². The SMILES string of the molecule is CCCCOC(=O)C(=C1C=CC=CC1N1[C-]=CS(=O)C1=Nc1ccccc1)c1ccccc1. The average Bonchev–Trinajstić information content (AvgIpc) is 3.21. The summed E-state index contributed by atoms with van der Waals surface area (Å²) < 4.78 is 18.4. The van der Waals surface area contributed by atoms with Gasteiger partial charge >= 0.3 is 5.97 Å². The van der Waals surface area contributed by atoms with Crippen molar-refractivity contribution in [3.05, 3.63) is 108 Å². The Hall–Kier alpha value is -3.51. The first-order chi connectivity index (χ1) is 16.2. The molecule has 0 saturated heterocycles. The monoisotopic (exact) mass is 457 g/mol. The number of unbranched alkanes of at least 4 members (excludes halogenated alkanes) is 1. The van der Waals surface area contributed by atoms with E-state index in [1.807, 2.05) is 85.0 Å². The van der Waals surface area contributed by atoms with Crippen LogP contribution in [0.4, 0.5) is 5.69 Å². The summed E-state index contributed by atoms with van der Waals surface area (Å²) in [5.74, 6) is -0.375. The third-order valence-electron chi connectivity index (χ3n) is 5.23. The number of rotatable bonds is 7. The van der Waals surface area contributed by atoms with E-state index in [4.69, 9.17) is 4.74 Å². The fraction of sp³-hybridized carbons (Fsp3) is 0.185. The number of hydrogen-bond donors (Lipinski definition) is 0. The largest absolute Gasteiger partial charge is 0.479 e. The Morgan fingerprint density at radius 1 is 1.09 bits per heavy atom. The Bertz CT molecular complexity index is 1160. The van der Waals surface area contributed by atoms with E-state index in [1.54, 1.807) is 4.90 Å². The van der Waals surface area contributed by atoms with Crippen molar-refractivity contribution in [1.82, 2.24) is 4.90 Å². The third-order valence-corrected chi connectivity index (χ3v) is 6.20. The maximum atomic E-state index is 13.2. The summed E-state index contributed by atoms with van der Waals surface area (Å²) in [5, 5.41) is 1.86. The highest BCUT2D eigenvalue weighted by atomic mass is 32.2. The van der Waals surface area contributed by atoms with E-state index >= 15 is 0 Å². The lowest BCUT2D eigenvalue weighted by Crippen LogP contribution is -2.36. The third kappa shape index (κ3) is 5.29. The number of carbonyl (C=O) groups excluding carboxylic acids is 1. The Morgan fingerprint density at radius 2 is 1.82 bits per heavy atom. The summed E-state index contributed by atoms with van der Waals surface area (Å²) in [5.41, 5.74) is 2.69. The van der Waals surface area contributed by atoms with Gasteiger partial charge in [-0.1, -0.05) is 91.6 Å². The maximum absolute atomic E-state index is 13.2. The standard InChI is InChI=1S/C27H25N2O3S/c1-2-3-19-32-26(30)25(21-12-6-4-7-13-21)23-16-10-11-17-24(23)29-18-20-33(31)27(29)28-22-14-8-5-9-15-22/h4-17,20,24H,2-3,19H2,1H3/q-1. The first kappa shape index (κ1) is 22.7. The van der Waals surface area contributed by atoms with Gasteiger partial charge in [0.15, 0.2) is 0 Å². The van der Waals surface area contributed by atoms with Crippen molar-refractivity contribution >= 4 is 33.2 Å². The summed E-state index contributed by atoms with van der Waals surface area (Å²) >= 11 is 0. The number of ether oxygens (including phenoxy) is 1. The van der Waals surface area contributed by atoms with Gasteiger partial charge < -0.3 is 14.6 Å². The lowest BCUT2D eigenvalue weighted by atomic mass is 9.91. The molecule has 4 rings (SSSR count). The molecule has 0 aromatic heterocycles. The molecular weight excluding hydrogens is 432 g/mol. The molecule has 0 bridgehead atoms. The number of allylic oxidation sites excluding steroid dienone is 2. The molecular formula is C27H25N2O3S-. The highest BCUT2D eigenvalue weighted by Gasteiger charge is 2.27. The zero-order valence-corrected chi connectivity index (χ0v) is 19.2. The molecule has 1 heterocycles. The molecule has 168 valence electrons. The van der Waals surface area contributed by atoms with Gasteiger partial charge in [-0.25, -0.2) is 4.79 Å². The molecule has 0 radical (unpaired) electrons. The molecule has 33 heavy (non-hydrogen) atoms. The number of aliphatic imine (C=N–C) groups is 1. The summed E-state index contributed by atoms with van der Waals surface area (Å²) in [4.78, 5) is 19.6. The normalized spacial score (nSPS) is 22.1. The second-order valence-electron chi connectivity index (χ2n) is 7.52. The first-order valence-corrected chi connectivity index (χ1v) is 12.1. The summed E-state index contributed by atoms with van der Waals surface area (Å²) in [7, 11) is -1.44. The molecule has 2 unspecified atom stereocenters. The summed E-state index contributed by atoms with van der Waals surface area (Å²) in [6.07, 6.45) is 12.5. The van der Waals surface area contributed by atoms with Crippen molar-refractivity contribution in [2.75, 3.05) is 6.61 Å². The number of benzene rings is 2. The van der Waals surface area contributed by atoms with Crippen LogP contribution in [0.25, 0.3) is 5.57 Å². The van der Waals surface area contributed by atoms with E-state index in [9.17, 15) is 9.00 Å². The van der Waals surface area contributed by atoms with Gasteiger partial charge in [-0.05, 0) is 29.7 Å². The number of esters is 1. The molecule has 0 spiro atoms. The number of nitrogens with zero attached hydrogens (tertiary/aromatic N) is 2. The number of hydrogen-bond acceptors (Lipinski definition) is 4. The van der Waals surface area contributed by atoms with Crippen LogP contribution in [-0.2, 0) is 20.3 Å². The van der Waals surface area contributed by atoms with Gasteiger partial charge in [0.05, 0.1) is 12.2 Å². The number of carbonyl (C=O) groups is 1.